The standard InChI is InChI=1S/C12H19NO2/c1-4-13-9-8-10-6-5-7-11(14-2)12(10)15-3/h5-7,13H,4,8-9H2,1-3H3. The molecule has 0 aliphatic heterocycles. The van der Waals surface area contributed by atoms with Crippen LogP contribution in [0.3, 0.4) is 0 Å². The lowest BCUT2D eigenvalue weighted by Crippen LogP contribution is -2.16. The zero-order valence-electron chi connectivity index (χ0n) is 9.67. The van der Waals surface area contributed by atoms with Crippen molar-refractivity contribution in [2.24, 2.45) is 0 Å². The Labute approximate surface area is 91.4 Å². The van der Waals surface area contributed by atoms with E-state index in [1.165, 1.54) is 5.56 Å². The summed E-state index contributed by atoms with van der Waals surface area (Å²) in [5.74, 6) is 1.64. The lowest BCUT2D eigenvalue weighted by molar-refractivity contribution is 0.351. The molecule has 1 rings (SSSR count). The first-order valence-electron chi connectivity index (χ1n) is 5.24. The summed E-state index contributed by atoms with van der Waals surface area (Å²) in [5, 5.41) is 3.29. The van der Waals surface area contributed by atoms with Crippen molar-refractivity contribution in [1.82, 2.24) is 5.32 Å². The lowest BCUT2D eigenvalue weighted by atomic mass is 10.1. The van der Waals surface area contributed by atoms with E-state index < -0.39 is 0 Å². The van der Waals surface area contributed by atoms with Crippen LogP contribution in [0.2, 0.25) is 0 Å². The number of rotatable bonds is 6. The first-order valence-corrected chi connectivity index (χ1v) is 5.24. The van der Waals surface area contributed by atoms with Crippen LogP contribution < -0.4 is 14.8 Å². The van der Waals surface area contributed by atoms with E-state index in [2.05, 4.69) is 18.3 Å². The van der Waals surface area contributed by atoms with Crippen LogP contribution in [0.1, 0.15) is 12.5 Å². The fraction of sp³-hybridized carbons (Fsp3) is 0.500. The molecule has 3 heteroatoms. The largest absolute Gasteiger partial charge is 0.493 e. The van der Waals surface area contributed by atoms with Crippen molar-refractivity contribution in [3.8, 4) is 11.5 Å². The Balaban J connectivity index is 2.76. The second-order valence-corrected chi connectivity index (χ2v) is 3.26. The average Bonchev–Trinajstić information content (AvgIpc) is 2.29. The van der Waals surface area contributed by atoms with Gasteiger partial charge in [-0.3, -0.25) is 0 Å². The molecule has 15 heavy (non-hydrogen) atoms. The number of nitrogens with one attached hydrogen (secondary N) is 1. The van der Waals surface area contributed by atoms with Gasteiger partial charge in [0.2, 0.25) is 0 Å². The lowest BCUT2D eigenvalue weighted by Gasteiger charge is -2.12. The molecule has 0 aliphatic carbocycles. The Morgan fingerprint density at radius 3 is 2.60 bits per heavy atom. The molecule has 0 aromatic heterocycles. The highest BCUT2D eigenvalue weighted by molar-refractivity contribution is 5.46. The molecule has 0 spiro atoms. The van der Waals surface area contributed by atoms with Gasteiger partial charge in [-0.15, -0.1) is 0 Å². The molecule has 0 aliphatic rings. The van der Waals surface area contributed by atoms with Gasteiger partial charge < -0.3 is 14.8 Å². The third-order valence-electron chi connectivity index (χ3n) is 2.31. The molecule has 0 fully saturated rings. The van der Waals surface area contributed by atoms with Gasteiger partial charge in [0, 0.05) is 0 Å². The summed E-state index contributed by atoms with van der Waals surface area (Å²) in [6.45, 7) is 4.05. The van der Waals surface area contributed by atoms with Gasteiger partial charge >= 0.3 is 0 Å². The molecule has 0 saturated carbocycles. The summed E-state index contributed by atoms with van der Waals surface area (Å²) in [6, 6.07) is 5.97. The van der Waals surface area contributed by atoms with Crippen molar-refractivity contribution >= 4 is 0 Å². The molecule has 84 valence electrons. The van der Waals surface area contributed by atoms with E-state index in [1.807, 2.05) is 12.1 Å². The number of methoxy groups -OCH3 is 2. The normalized spacial score (nSPS) is 10.1. The minimum atomic E-state index is 0.798. The van der Waals surface area contributed by atoms with Gasteiger partial charge in [0.05, 0.1) is 14.2 Å². The first kappa shape index (κ1) is 11.9. The van der Waals surface area contributed by atoms with Gasteiger partial charge in [-0.05, 0) is 31.1 Å². The van der Waals surface area contributed by atoms with Crippen LogP contribution in [0.15, 0.2) is 18.2 Å². The Morgan fingerprint density at radius 2 is 2.00 bits per heavy atom. The Bertz CT molecular complexity index is 300. The Kier molecular flexibility index (Phi) is 4.98. The summed E-state index contributed by atoms with van der Waals surface area (Å²) < 4.78 is 10.6. The maximum absolute atomic E-state index is 5.35. The number of hydrogen-bond donors (Lipinski definition) is 1. The van der Waals surface area contributed by atoms with Crippen molar-refractivity contribution in [2.75, 3.05) is 27.3 Å². The van der Waals surface area contributed by atoms with Crippen LogP contribution in [0.4, 0.5) is 0 Å². The van der Waals surface area contributed by atoms with Crippen molar-refractivity contribution in [3.05, 3.63) is 23.8 Å². The number of benzene rings is 1. The minimum Gasteiger partial charge on any atom is -0.493 e. The van der Waals surface area contributed by atoms with Crippen LogP contribution in [-0.2, 0) is 6.42 Å². The minimum absolute atomic E-state index is 0.798. The van der Waals surface area contributed by atoms with E-state index in [0.717, 1.165) is 31.0 Å². The highest BCUT2D eigenvalue weighted by Gasteiger charge is 2.08. The van der Waals surface area contributed by atoms with Gasteiger partial charge in [-0.2, -0.15) is 0 Å². The van der Waals surface area contributed by atoms with Crippen LogP contribution in [0.5, 0.6) is 11.5 Å². The maximum Gasteiger partial charge on any atom is 0.163 e. The van der Waals surface area contributed by atoms with Crippen LogP contribution in [0, 0.1) is 0 Å². The van der Waals surface area contributed by atoms with E-state index in [0.29, 0.717) is 0 Å². The van der Waals surface area contributed by atoms with Gasteiger partial charge in [-0.25, -0.2) is 0 Å². The fourth-order valence-corrected chi connectivity index (χ4v) is 1.55. The second-order valence-electron chi connectivity index (χ2n) is 3.26. The van der Waals surface area contributed by atoms with Gasteiger partial charge in [-0.1, -0.05) is 19.1 Å². The predicted octanol–water partition coefficient (Wildman–Crippen LogP) is 1.86. The quantitative estimate of drug-likeness (QED) is 0.725. The number of hydrogen-bond acceptors (Lipinski definition) is 3. The molecule has 1 N–H and O–H groups in total. The summed E-state index contributed by atoms with van der Waals surface area (Å²) in [7, 11) is 3.33. The molecule has 0 heterocycles. The summed E-state index contributed by atoms with van der Waals surface area (Å²) in [4.78, 5) is 0. The van der Waals surface area contributed by atoms with E-state index >= 15 is 0 Å². The topological polar surface area (TPSA) is 30.5 Å². The summed E-state index contributed by atoms with van der Waals surface area (Å²) >= 11 is 0. The van der Waals surface area contributed by atoms with Crippen molar-refractivity contribution in [1.29, 1.82) is 0 Å². The Morgan fingerprint density at radius 1 is 1.20 bits per heavy atom. The number of para-hydroxylation sites is 1. The third kappa shape index (κ3) is 3.13. The SMILES string of the molecule is CCNCCc1cccc(OC)c1OC. The highest BCUT2D eigenvalue weighted by atomic mass is 16.5. The second kappa shape index (κ2) is 6.30. The van der Waals surface area contributed by atoms with Crippen molar-refractivity contribution in [3.63, 3.8) is 0 Å². The molecule has 0 atom stereocenters. The van der Waals surface area contributed by atoms with Crippen LogP contribution in [0.25, 0.3) is 0 Å². The van der Waals surface area contributed by atoms with Crippen LogP contribution >= 0.6 is 0 Å². The molecular weight excluding hydrogens is 190 g/mol. The molecule has 0 unspecified atom stereocenters. The van der Waals surface area contributed by atoms with Crippen molar-refractivity contribution in [2.45, 2.75) is 13.3 Å². The van der Waals surface area contributed by atoms with Gasteiger partial charge in [0.1, 0.15) is 0 Å². The molecule has 3 nitrogen and oxygen atoms in total. The molecule has 0 bridgehead atoms. The summed E-state index contributed by atoms with van der Waals surface area (Å²) in [6.07, 6.45) is 0.953. The zero-order chi connectivity index (χ0) is 11.1. The highest BCUT2D eigenvalue weighted by Crippen LogP contribution is 2.30. The molecular formula is C12H19NO2. The number of ether oxygens (including phenoxy) is 2. The van der Waals surface area contributed by atoms with E-state index in [-0.39, 0.29) is 0 Å². The first-order chi connectivity index (χ1) is 7.33. The Hall–Kier alpha value is -1.22. The summed E-state index contributed by atoms with van der Waals surface area (Å²) in [5.41, 5.74) is 1.18. The third-order valence-corrected chi connectivity index (χ3v) is 2.31. The van der Waals surface area contributed by atoms with Gasteiger partial charge in [0.25, 0.3) is 0 Å². The zero-order valence-corrected chi connectivity index (χ0v) is 9.67. The van der Waals surface area contributed by atoms with Crippen LogP contribution in [-0.4, -0.2) is 27.3 Å². The van der Waals surface area contributed by atoms with E-state index in [9.17, 15) is 0 Å². The van der Waals surface area contributed by atoms with Crippen molar-refractivity contribution < 1.29 is 9.47 Å². The maximum atomic E-state index is 5.35. The average molecular weight is 209 g/mol. The monoisotopic (exact) mass is 209 g/mol. The molecule has 0 amide bonds. The van der Waals surface area contributed by atoms with Gasteiger partial charge in [0.15, 0.2) is 11.5 Å². The molecule has 0 saturated heterocycles. The van der Waals surface area contributed by atoms with E-state index in [4.69, 9.17) is 9.47 Å². The fourth-order valence-electron chi connectivity index (χ4n) is 1.55. The molecule has 1 aromatic carbocycles. The van der Waals surface area contributed by atoms with E-state index in [1.54, 1.807) is 14.2 Å². The number of likely N-dealkylation sites (N-methyl/N-ethyl adjacent to an activating group) is 1. The molecule has 1 aromatic rings. The predicted molar refractivity (Wildman–Crippen MR) is 61.8 cm³/mol. The smallest absolute Gasteiger partial charge is 0.163 e. The molecule has 0 radical (unpaired) electrons.